The third-order valence-electron chi connectivity index (χ3n) is 4.06. The second kappa shape index (κ2) is 8.54. The Kier molecular flexibility index (Phi) is 7.39. The molecule has 3 atom stereocenters. The first-order valence-corrected chi connectivity index (χ1v) is 6.85. The van der Waals surface area contributed by atoms with Crippen molar-refractivity contribution in [1.29, 1.82) is 0 Å². The molecule has 21 heavy (non-hydrogen) atoms. The summed E-state index contributed by atoms with van der Waals surface area (Å²) in [6.07, 6.45) is 4.54. The minimum atomic E-state index is -0.0749. The first kappa shape index (κ1) is 18.2. The number of carbonyl (C=O) groups excluding carboxylic acids is 1. The van der Waals surface area contributed by atoms with Gasteiger partial charge in [-0.3, -0.25) is 9.78 Å². The van der Waals surface area contributed by atoms with E-state index in [0.717, 1.165) is 26.1 Å². The summed E-state index contributed by atoms with van der Waals surface area (Å²) in [6.45, 7) is 3.50. The lowest BCUT2D eigenvalue weighted by Gasteiger charge is -2.27. The number of hydrogen-bond donors (Lipinski definition) is 2. The van der Waals surface area contributed by atoms with Crippen LogP contribution in [0.3, 0.4) is 0 Å². The number of pyridine rings is 1. The van der Waals surface area contributed by atoms with Gasteiger partial charge < -0.3 is 15.4 Å². The van der Waals surface area contributed by atoms with Crippen molar-refractivity contribution in [1.82, 2.24) is 15.6 Å². The van der Waals surface area contributed by atoms with Crippen LogP contribution in [0.2, 0.25) is 0 Å². The molecule has 0 bridgehead atoms. The van der Waals surface area contributed by atoms with Gasteiger partial charge in [0.25, 0.3) is 5.91 Å². The van der Waals surface area contributed by atoms with Crippen LogP contribution < -0.4 is 10.6 Å². The molecule has 0 aliphatic carbocycles. The van der Waals surface area contributed by atoms with Gasteiger partial charge in [0.05, 0.1) is 18.3 Å². The van der Waals surface area contributed by atoms with Crippen LogP contribution in [-0.2, 0) is 4.74 Å². The maximum atomic E-state index is 11.9. The fourth-order valence-corrected chi connectivity index (χ4v) is 2.99. The van der Waals surface area contributed by atoms with E-state index in [-0.39, 0.29) is 36.8 Å². The third kappa shape index (κ3) is 4.30. The van der Waals surface area contributed by atoms with Gasteiger partial charge in [0.1, 0.15) is 0 Å². The Bertz CT molecular complexity index is 447. The highest BCUT2D eigenvalue weighted by Gasteiger charge is 2.38. The fourth-order valence-electron chi connectivity index (χ4n) is 2.99. The van der Waals surface area contributed by atoms with E-state index in [9.17, 15) is 4.79 Å². The maximum absolute atomic E-state index is 11.9. The van der Waals surface area contributed by atoms with Gasteiger partial charge in [0, 0.05) is 31.4 Å². The topological polar surface area (TPSA) is 63.2 Å². The number of fused-ring (bicyclic) bond motifs is 1. The molecule has 1 aromatic rings. The van der Waals surface area contributed by atoms with E-state index in [1.54, 1.807) is 24.5 Å². The Morgan fingerprint density at radius 3 is 3.10 bits per heavy atom. The van der Waals surface area contributed by atoms with Crippen molar-refractivity contribution in [2.24, 2.45) is 11.8 Å². The summed E-state index contributed by atoms with van der Waals surface area (Å²) in [7, 11) is 0. The highest BCUT2D eigenvalue weighted by molar-refractivity contribution is 5.93. The van der Waals surface area contributed by atoms with Crippen LogP contribution in [0.4, 0.5) is 0 Å². The number of hydrogen-bond acceptors (Lipinski definition) is 4. The predicted octanol–water partition coefficient (Wildman–Crippen LogP) is 1.28. The average Bonchev–Trinajstić information content (AvgIpc) is 2.89. The van der Waals surface area contributed by atoms with Gasteiger partial charge in [-0.05, 0) is 31.0 Å². The molecule has 5 nitrogen and oxygen atoms in total. The fraction of sp³-hybridized carbons (Fsp3) is 0.571. The SMILES string of the molecule is Cl.Cl.O=C(NC[C@H]1OC[C@@H]2CNCC[C@@H]21)c1cccnc1. The van der Waals surface area contributed by atoms with Gasteiger partial charge in [-0.15, -0.1) is 24.8 Å². The van der Waals surface area contributed by atoms with Gasteiger partial charge >= 0.3 is 0 Å². The minimum Gasteiger partial charge on any atom is -0.376 e. The number of aromatic nitrogens is 1. The van der Waals surface area contributed by atoms with E-state index in [2.05, 4.69) is 15.6 Å². The summed E-state index contributed by atoms with van der Waals surface area (Å²) in [5, 5.41) is 6.34. The third-order valence-corrected chi connectivity index (χ3v) is 4.06. The molecule has 2 saturated heterocycles. The molecular weight excluding hydrogens is 313 g/mol. The molecule has 118 valence electrons. The number of amides is 1. The smallest absolute Gasteiger partial charge is 0.252 e. The zero-order chi connectivity index (χ0) is 13.1. The second-order valence-corrected chi connectivity index (χ2v) is 5.24. The quantitative estimate of drug-likeness (QED) is 0.874. The molecular formula is C14H21Cl2N3O2. The minimum absolute atomic E-state index is 0. The first-order valence-electron chi connectivity index (χ1n) is 6.85. The lowest BCUT2D eigenvalue weighted by molar-refractivity contribution is 0.0767. The average molecular weight is 334 g/mol. The summed E-state index contributed by atoms with van der Waals surface area (Å²) in [5.74, 6) is 1.11. The number of rotatable bonds is 3. The van der Waals surface area contributed by atoms with Crippen LogP contribution in [0.25, 0.3) is 0 Å². The Morgan fingerprint density at radius 1 is 1.48 bits per heavy atom. The van der Waals surface area contributed by atoms with Crippen LogP contribution in [-0.4, -0.2) is 43.2 Å². The van der Waals surface area contributed by atoms with Crippen LogP contribution in [0.15, 0.2) is 24.5 Å². The number of ether oxygens (including phenoxy) is 1. The Labute approximate surface area is 137 Å². The molecule has 7 heteroatoms. The summed E-state index contributed by atoms with van der Waals surface area (Å²) in [6, 6.07) is 3.54. The highest BCUT2D eigenvalue weighted by atomic mass is 35.5. The molecule has 2 aliphatic rings. The van der Waals surface area contributed by atoms with E-state index >= 15 is 0 Å². The molecule has 1 aromatic heterocycles. The number of piperidine rings is 1. The van der Waals surface area contributed by atoms with Crippen molar-refractivity contribution in [3.05, 3.63) is 30.1 Å². The van der Waals surface area contributed by atoms with Crippen molar-refractivity contribution in [2.45, 2.75) is 12.5 Å². The standard InChI is InChI=1S/C14H19N3O2.2ClH/c18-14(10-2-1-4-15-6-10)17-8-13-12-3-5-16-7-11(12)9-19-13;;/h1-2,4,6,11-13,16H,3,5,7-9H2,(H,17,18);2*1H/t11-,12-,13+;;/m0../s1. The van der Waals surface area contributed by atoms with Crippen LogP contribution in [0.5, 0.6) is 0 Å². The zero-order valence-corrected chi connectivity index (χ0v) is 13.3. The van der Waals surface area contributed by atoms with E-state index in [1.807, 2.05) is 0 Å². The van der Waals surface area contributed by atoms with E-state index in [1.165, 1.54) is 0 Å². The molecule has 2 aliphatic heterocycles. The molecule has 2 N–H and O–H groups in total. The van der Waals surface area contributed by atoms with Gasteiger partial charge in [-0.25, -0.2) is 0 Å². The van der Waals surface area contributed by atoms with Gasteiger partial charge in [0.2, 0.25) is 0 Å². The van der Waals surface area contributed by atoms with Crippen molar-refractivity contribution in [2.75, 3.05) is 26.2 Å². The summed E-state index contributed by atoms with van der Waals surface area (Å²) < 4.78 is 5.82. The van der Waals surface area contributed by atoms with Crippen molar-refractivity contribution >= 4 is 30.7 Å². The van der Waals surface area contributed by atoms with Crippen molar-refractivity contribution < 1.29 is 9.53 Å². The van der Waals surface area contributed by atoms with E-state index in [4.69, 9.17) is 4.74 Å². The molecule has 0 saturated carbocycles. The molecule has 1 amide bonds. The van der Waals surface area contributed by atoms with Gasteiger partial charge in [-0.2, -0.15) is 0 Å². The normalized spacial score (nSPS) is 27.0. The zero-order valence-electron chi connectivity index (χ0n) is 11.7. The predicted molar refractivity (Wildman–Crippen MR) is 85.3 cm³/mol. The Hall–Kier alpha value is -0.880. The first-order chi connectivity index (χ1) is 9.34. The van der Waals surface area contributed by atoms with Gasteiger partial charge in [0.15, 0.2) is 0 Å². The van der Waals surface area contributed by atoms with Crippen molar-refractivity contribution in [3.8, 4) is 0 Å². The summed E-state index contributed by atoms with van der Waals surface area (Å²) in [4.78, 5) is 15.9. The molecule has 2 fully saturated rings. The van der Waals surface area contributed by atoms with Gasteiger partial charge in [-0.1, -0.05) is 0 Å². The molecule has 0 spiro atoms. The highest BCUT2D eigenvalue weighted by Crippen LogP contribution is 2.31. The number of carbonyl (C=O) groups is 1. The lowest BCUT2D eigenvalue weighted by Crippen LogP contribution is -2.41. The Morgan fingerprint density at radius 2 is 2.33 bits per heavy atom. The molecule has 0 radical (unpaired) electrons. The summed E-state index contributed by atoms with van der Waals surface area (Å²) >= 11 is 0. The number of nitrogens with zero attached hydrogens (tertiary/aromatic N) is 1. The lowest BCUT2D eigenvalue weighted by atomic mass is 9.85. The molecule has 3 rings (SSSR count). The largest absolute Gasteiger partial charge is 0.376 e. The van der Waals surface area contributed by atoms with Crippen LogP contribution >= 0.6 is 24.8 Å². The maximum Gasteiger partial charge on any atom is 0.252 e. The monoisotopic (exact) mass is 333 g/mol. The number of nitrogens with one attached hydrogen (secondary N) is 2. The van der Waals surface area contributed by atoms with E-state index in [0.29, 0.717) is 23.9 Å². The molecule has 3 heterocycles. The van der Waals surface area contributed by atoms with Crippen molar-refractivity contribution in [3.63, 3.8) is 0 Å². The van der Waals surface area contributed by atoms with E-state index < -0.39 is 0 Å². The summed E-state index contributed by atoms with van der Waals surface area (Å²) in [5.41, 5.74) is 0.599. The van der Waals surface area contributed by atoms with Crippen LogP contribution in [0, 0.1) is 11.8 Å². The second-order valence-electron chi connectivity index (χ2n) is 5.24. The van der Waals surface area contributed by atoms with Crippen LogP contribution in [0.1, 0.15) is 16.8 Å². The Balaban J connectivity index is 0.00000110. The molecule has 0 unspecified atom stereocenters. The molecule has 0 aromatic carbocycles. The number of halogens is 2.